The third-order valence-electron chi connectivity index (χ3n) is 2.11. The van der Waals surface area contributed by atoms with Crippen molar-refractivity contribution in [3.05, 3.63) is 16.6 Å². The third kappa shape index (κ3) is 5.49. The standard InChI is InChI=1S/C10H16N2O2S/c1-8(2-3-10(13)14)11-5-4-9-12-6-7-15-9/h6-8,11H,2-5H2,1H3,(H,13,14). The number of carboxylic acid groups (broad SMARTS) is 1. The molecule has 0 fully saturated rings. The summed E-state index contributed by atoms with van der Waals surface area (Å²) in [6.45, 7) is 2.86. The monoisotopic (exact) mass is 228 g/mol. The van der Waals surface area contributed by atoms with E-state index in [1.54, 1.807) is 17.5 Å². The van der Waals surface area contributed by atoms with E-state index in [0.717, 1.165) is 18.0 Å². The van der Waals surface area contributed by atoms with Crippen molar-refractivity contribution >= 4 is 17.3 Å². The third-order valence-corrected chi connectivity index (χ3v) is 2.95. The number of hydrogen-bond donors (Lipinski definition) is 2. The summed E-state index contributed by atoms with van der Waals surface area (Å²) in [5.74, 6) is -0.733. The van der Waals surface area contributed by atoms with Crippen molar-refractivity contribution in [2.24, 2.45) is 0 Å². The van der Waals surface area contributed by atoms with Crippen molar-refractivity contribution in [3.63, 3.8) is 0 Å². The number of aliphatic carboxylic acids is 1. The van der Waals surface area contributed by atoms with Crippen LogP contribution < -0.4 is 5.32 Å². The van der Waals surface area contributed by atoms with Gasteiger partial charge in [0, 0.05) is 37.0 Å². The normalized spacial score (nSPS) is 12.6. The average Bonchev–Trinajstić information content (AvgIpc) is 2.67. The second-order valence-electron chi connectivity index (χ2n) is 3.46. The fourth-order valence-electron chi connectivity index (χ4n) is 1.24. The van der Waals surface area contributed by atoms with Crippen LogP contribution in [0.15, 0.2) is 11.6 Å². The highest BCUT2D eigenvalue weighted by atomic mass is 32.1. The molecule has 1 rings (SSSR count). The molecule has 0 bridgehead atoms. The van der Waals surface area contributed by atoms with Gasteiger partial charge in [-0.1, -0.05) is 0 Å². The van der Waals surface area contributed by atoms with Gasteiger partial charge in [-0.15, -0.1) is 11.3 Å². The van der Waals surface area contributed by atoms with Crippen LogP contribution in [0.1, 0.15) is 24.8 Å². The van der Waals surface area contributed by atoms with E-state index in [1.807, 2.05) is 12.3 Å². The van der Waals surface area contributed by atoms with Gasteiger partial charge >= 0.3 is 5.97 Å². The van der Waals surface area contributed by atoms with Crippen LogP contribution in [0.5, 0.6) is 0 Å². The van der Waals surface area contributed by atoms with Gasteiger partial charge in [-0.3, -0.25) is 4.79 Å². The lowest BCUT2D eigenvalue weighted by Gasteiger charge is -2.11. The molecule has 84 valence electrons. The molecule has 15 heavy (non-hydrogen) atoms. The Bertz CT molecular complexity index is 288. The Morgan fingerprint density at radius 1 is 1.73 bits per heavy atom. The van der Waals surface area contributed by atoms with Crippen molar-refractivity contribution in [1.82, 2.24) is 10.3 Å². The van der Waals surface area contributed by atoms with Gasteiger partial charge < -0.3 is 10.4 Å². The van der Waals surface area contributed by atoms with E-state index in [4.69, 9.17) is 5.11 Å². The van der Waals surface area contributed by atoms with Crippen LogP contribution in [0.2, 0.25) is 0 Å². The lowest BCUT2D eigenvalue weighted by molar-refractivity contribution is -0.137. The summed E-state index contributed by atoms with van der Waals surface area (Å²) in [7, 11) is 0. The number of rotatable bonds is 7. The van der Waals surface area contributed by atoms with Crippen LogP contribution in [-0.2, 0) is 11.2 Å². The molecule has 0 saturated carbocycles. The molecule has 5 heteroatoms. The first-order chi connectivity index (χ1) is 7.18. The van der Waals surface area contributed by atoms with E-state index in [0.29, 0.717) is 6.42 Å². The molecule has 0 aromatic carbocycles. The van der Waals surface area contributed by atoms with Crippen molar-refractivity contribution < 1.29 is 9.90 Å². The van der Waals surface area contributed by atoms with Gasteiger partial charge in [0.1, 0.15) is 0 Å². The molecule has 1 aromatic heterocycles. The topological polar surface area (TPSA) is 62.2 Å². The van der Waals surface area contributed by atoms with Gasteiger partial charge in [0.2, 0.25) is 0 Å². The summed E-state index contributed by atoms with van der Waals surface area (Å²) >= 11 is 1.65. The molecule has 0 saturated heterocycles. The highest BCUT2D eigenvalue weighted by molar-refractivity contribution is 7.09. The Balaban J connectivity index is 2.06. The zero-order valence-corrected chi connectivity index (χ0v) is 9.59. The predicted molar refractivity (Wildman–Crippen MR) is 60.2 cm³/mol. The van der Waals surface area contributed by atoms with Gasteiger partial charge in [0.25, 0.3) is 0 Å². The zero-order valence-electron chi connectivity index (χ0n) is 8.77. The number of carboxylic acids is 1. The van der Waals surface area contributed by atoms with E-state index in [9.17, 15) is 4.79 Å². The summed E-state index contributed by atoms with van der Waals surface area (Å²) in [6.07, 6.45) is 3.61. The summed E-state index contributed by atoms with van der Waals surface area (Å²) in [6, 6.07) is 0.251. The quantitative estimate of drug-likeness (QED) is 0.743. The van der Waals surface area contributed by atoms with Gasteiger partial charge in [-0.25, -0.2) is 4.98 Å². The van der Waals surface area contributed by atoms with E-state index in [1.165, 1.54) is 0 Å². The molecular formula is C10H16N2O2S. The molecule has 2 N–H and O–H groups in total. The lowest BCUT2D eigenvalue weighted by atomic mass is 10.2. The molecule has 0 aliphatic rings. The summed E-state index contributed by atoms with van der Waals surface area (Å²) < 4.78 is 0. The molecule has 1 aromatic rings. The van der Waals surface area contributed by atoms with Gasteiger partial charge in [0.05, 0.1) is 5.01 Å². The molecular weight excluding hydrogens is 212 g/mol. The van der Waals surface area contributed by atoms with Crippen LogP contribution in [0, 0.1) is 0 Å². The number of aromatic nitrogens is 1. The first kappa shape index (κ1) is 12.1. The summed E-state index contributed by atoms with van der Waals surface area (Å²) in [5, 5.41) is 14.9. The Hall–Kier alpha value is -0.940. The fraction of sp³-hybridized carbons (Fsp3) is 0.600. The van der Waals surface area contributed by atoms with E-state index < -0.39 is 5.97 Å². The fourth-order valence-corrected chi connectivity index (χ4v) is 1.86. The minimum absolute atomic E-state index is 0.228. The number of hydrogen-bond acceptors (Lipinski definition) is 4. The summed E-state index contributed by atoms with van der Waals surface area (Å²) in [5.41, 5.74) is 0. The first-order valence-electron chi connectivity index (χ1n) is 5.02. The predicted octanol–water partition coefficient (Wildman–Crippen LogP) is 1.53. The minimum Gasteiger partial charge on any atom is -0.481 e. The Morgan fingerprint density at radius 3 is 3.13 bits per heavy atom. The SMILES string of the molecule is CC(CCC(=O)O)NCCc1nccs1. The molecule has 0 spiro atoms. The molecule has 1 atom stereocenters. The maximum Gasteiger partial charge on any atom is 0.303 e. The van der Waals surface area contributed by atoms with Crippen molar-refractivity contribution in [3.8, 4) is 0 Å². The van der Waals surface area contributed by atoms with Crippen molar-refractivity contribution in [1.29, 1.82) is 0 Å². The second kappa shape index (κ2) is 6.53. The minimum atomic E-state index is -0.733. The number of thiazole rings is 1. The van der Waals surface area contributed by atoms with Crippen molar-refractivity contribution in [2.45, 2.75) is 32.2 Å². The van der Waals surface area contributed by atoms with Crippen LogP contribution in [0.25, 0.3) is 0 Å². The molecule has 1 heterocycles. The van der Waals surface area contributed by atoms with Crippen LogP contribution in [0.4, 0.5) is 0 Å². The van der Waals surface area contributed by atoms with Crippen molar-refractivity contribution in [2.75, 3.05) is 6.54 Å². The zero-order chi connectivity index (χ0) is 11.1. The number of carbonyl (C=O) groups is 1. The number of nitrogens with zero attached hydrogens (tertiary/aromatic N) is 1. The highest BCUT2D eigenvalue weighted by Crippen LogP contribution is 2.04. The van der Waals surface area contributed by atoms with E-state index in [2.05, 4.69) is 10.3 Å². The van der Waals surface area contributed by atoms with Crippen LogP contribution >= 0.6 is 11.3 Å². The maximum atomic E-state index is 10.3. The van der Waals surface area contributed by atoms with Gasteiger partial charge in [-0.2, -0.15) is 0 Å². The van der Waals surface area contributed by atoms with Gasteiger partial charge in [-0.05, 0) is 13.3 Å². The molecule has 0 amide bonds. The Kier molecular flexibility index (Phi) is 5.28. The molecule has 1 unspecified atom stereocenters. The Morgan fingerprint density at radius 2 is 2.53 bits per heavy atom. The molecule has 0 aliphatic heterocycles. The largest absolute Gasteiger partial charge is 0.481 e. The number of nitrogens with one attached hydrogen (secondary N) is 1. The first-order valence-corrected chi connectivity index (χ1v) is 5.90. The summed E-state index contributed by atoms with van der Waals surface area (Å²) in [4.78, 5) is 14.5. The van der Waals surface area contributed by atoms with E-state index in [-0.39, 0.29) is 12.5 Å². The molecule has 0 radical (unpaired) electrons. The smallest absolute Gasteiger partial charge is 0.303 e. The lowest BCUT2D eigenvalue weighted by Crippen LogP contribution is -2.28. The van der Waals surface area contributed by atoms with E-state index >= 15 is 0 Å². The van der Waals surface area contributed by atoms with Crippen LogP contribution in [-0.4, -0.2) is 28.6 Å². The Labute approximate surface area is 93.4 Å². The average molecular weight is 228 g/mol. The van der Waals surface area contributed by atoms with Crippen LogP contribution in [0.3, 0.4) is 0 Å². The van der Waals surface area contributed by atoms with Gasteiger partial charge in [0.15, 0.2) is 0 Å². The molecule has 0 aliphatic carbocycles. The highest BCUT2D eigenvalue weighted by Gasteiger charge is 2.04. The maximum absolute atomic E-state index is 10.3. The molecule has 4 nitrogen and oxygen atoms in total. The second-order valence-corrected chi connectivity index (χ2v) is 4.44.